The van der Waals surface area contributed by atoms with E-state index in [2.05, 4.69) is 10.2 Å². The van der Waals surface area contributed by atoms with Gasteiger partial charge in [-0.25, -0.2) is 4.39 Å². The van der Waals surface area contributed by atoms with E-state index in [0.717, 1.165) is 12.8 Å². The highest BCUT2D eigenvalue weighted by Gasteiger charge is 2.42. The number of pyridine rings is 1. The van der Waals surface area contributed by atoms with Gasteiger partial charge in [0.05, 0.1) is 18.8 Å². The van der Waals surface area contributed by atoms with Gasteiger partial charge in [-0.2, -0.15) is 13.2 Å². The van der Waals surface area contributed by atoms with Crippen LogP contribution in [0.25, 0.3) is 5.65 Å². The van der Waals surface area contributed by atoms with E-state index < -0.39 is 23.1 Å². The summed E-state index contributed by atoms with van der Waals surface area (Å²) in [5, 5.41) is 7.97. The number of alkyl halides is 3. The molecule has 9 heteroatoms. The predicted molar refractivity (Wildman–Crippen MR) is 116 cm³/mol. The van der Waals surface area contributed by atoms with Gasteiger partial charge in [0.15, 0.2) is 5.65 Å². The summed E-state index contributed by atoms with van der Waals surface area (Å²) in [7, 11) is 0. The number of hydrogen-bond acceptors (Lipinski definition) is 4. The Morgan fingerprint density at radius 2 is 1.91 bits per heavy atom. The van der Waals surface area contributed by atoms with Crippen LogP contribution in [0, 0.1) is 11.7 Å². The third-order valence-corrected chi connectivity index (χ3v) is 6.59. The van der Waals surface area contributed by atoms with Crippen molar-refractivity contribution in [3.63, 3.8) is 0 Å². The van der Waals surface area contributed by atoms with Crippen molar-refractivity contribution in [2.45, 2.75) is 51.9 Å². The van der Waals surface area contributed by atoms with Gasteiger partial charge in [0.25, 0.3) is 0 Å². The summed E-state index contributed by atoms with van der Waals surface area (Å²) < 4.78 is 64.4. The zero-order chi connectivity index (χ0) is 22.5. The molecule has 2 aliphatic rings. The van der Waals surface area contributed by atoms with Gasteiger partial charge < -0.3 is 4.74 Å². The number of morpholine rings is 1. The summed E-state index contributed by atoms with van der Waals surface area (Å²) in [6.45, 7) is 2.73. The van der Waals surface area contributed by atoms with Crippen LogP contribution in [0.3, 0.4) is 0 Å². The lowest BCUT2D eigenvalue weighted by Gasteiger charge is -2.45. The number of nitrogens with zero attached hydrogens (tertiary/aromatic N) is 4. The molecule has 0 spiro atoms. The predicted octanol–water partition coefficient (Wildman–Crippen LogP) is 5.22. The number of aromatic nitrogens is 3. The average Bonchev–Trinajstić information content (AvgIpc) is 3.47. The fourth-order valence-corrected chi connectivity index (χ4v) is 4.59. The fraction of sp³-hybridized carbons (Fsp3) is 0.500. The van der Waals surface area contributed by atoms with E-state index in [1.807, 2.05) is 4.90 Å². The van der Waals surface area contributed by atoms with Crippen molar-refractivity contribution >= 4 is 5.65 Å². The molecule has 0 bridgehead atoms. The van der Waals surface area contributed by atoms with Gasteiger partial charge in [0.2, 0.25) is 0 Å². The SMILES string of the molecule is C.CC1(c2ccccc2F)COCCN1Cc1ccn2c(CC3CC3)nnc2c1C(F)(F)F. The molecule has 1 unspecified atom stereocenters. The van der Waals surface area contributed by atoms with Crippen LogP contribution < -0.4 is 0 Å². The molecule has 2 fully saturated rings. The van der Waals surface area contributed by atoms with E-state index >= 15 is 0 Å². The first kappa shape index (κ1) is 23.6. The Balaban J connectivity index is 0.00000259. The summed E-state index contributed by atoms with van der Waals surface area (Å²) in [6, 6.07) is 7.83. The Morgan fingerprint density at radius 3 is 2.61 bits per heavy atom. The van der Waals surface area contributed by atoms with Crippen LogP contribution in [0.4, 0.5) is 17.6 Å². The molecular formula is C24H28F4N4O. The first-order chi connectivity index (χ1) is 15.3. The molecule has 3 aromatic rings. The Labute approximate surface area is 190 Å². The highest BCUT2D eigenvalue weighted by atomic mass is 19.4. The van der Waals surface area contributed by atoms with Crippen LogP contribution in [0.2, 0.25) is 0 Å². The Hall–Kier alpha value is -2.52. The first-order valence-electron chi connectivity index (χ1n) is 10.8. The lowest BCUT2D eigenvalue weighted by Crippen LogP contribution is -2.52. The topological polar surface area (TPSA) is 42.7 Å². The van der Waals surface area contributed by atoms with Crippen molar-refractivity contribution in [3.8, 4) is 0 Å². The maximum Gasteiger partial charge on any atom is 0.420 e. The highest BCUT2D eigenvalue weighted by Crippen LogP contribution is 2.39. The number of benzene rings is 1. The largest absolute Gasteiger partial charge is 0.420 e. The minimum absolute atomic E-state index is 0. The molecule has 0 radical (unpaired) electrons. The third kappa shape index (κ3) is 4.36. The van der Waals surface area contributed by atoms with E-state index in [1.165, 1.54) is 16.5 Å². The Bertz CT molecular complexity index is 1140. The van der Waals surface area contributed by atoms with Crippen LogP contribution in [-0.2, 0) is 29.4 Å². The minimum Gasteiger partial charge on any atom is -0.378 e. The molecule has 1 aliphatic heterocycles. The lowest BCUT2D eigenvalue weighted by atomic mass is 9.88. The molecule has 1 aromatic carbocycles. The molecule has 3 heterocycles. The van der Waals surface area contributed by atoms with Crippen molar-refractivity contribution in [2.24, 2.45) is 5.92 Å². The average molecular weight is 465 g/mol. The first-order valence-corrected chi connectivity index (χ1v) is 10.8. The van der Waals surface area contributed by atoms with Gasteiger partial charge >= 0.3 is 6.18 Å². The van der Waals surface area contributed by atoms with E-state index in [4.69, 9.17) is 4.74 Å². The van der Waals surface area contributed by atoms with Crippen molar-refractivity contribution in [3.05, 3.63) is 64.9 Å². The molecule has 2 aromatic heterocycles. The molecular weight excluding hydrogens is 436 g/mol. The Morgan fingerprint density at radius 1 is 1.15 bits per heavy atom. The number of halogens is 4. The van der Waals surface area contributed by atoms with Gasteiger partial charge in [0, 0.05) is 31.3 Å². The normalized spacial score (nSPS) is 21.8. The molecule has 1 saturated carbocycles. The summed E-state index contributed by atoms with van der Waals surface area (Å²) in [5.41, 5.74) is -1.35. The van der Waals surface area contributed by atoms with Crippen molar-refractivity contribution in [1.29, 1.82) is 0 Å². The highest BCUT2D eigenvalue weighted by molar-refractivity contribution is 5.54. The van der Waals surface area contributed by atoms with Gasteiger partial charge in [-0.15, -0.1) is 10.2 Å². The van der Waals surface area contributed by atoms with Gasteiger partial charge in [-0.1, -0.05) is 25.6 Å². The van der Waals surface area contributed by atoms with Crippen molar-refractivity contribution in [2.75, 3.05) is 19.8 Å². The monoisotopic (exact) mass is 464 g/mol. The van der Waals surface area contributed by atoms with Gasteiger partial charge in [-0.3, -0.25) is 9.30 Å². The van der Waals surface area contributed by atoms with Crippen LogP contribution in [0.5, 0.6) is 0 Å². The summed E-state index contributed by atoms with van der Waals surface area (Å²) in [4.78, 5) is 1.86. The molecule has 1 aliphatic carbocycles. The van der Waals surface area contributed by atoms with E-state index in [1.54, 1.807) is 31.3 Å². The quantitative estimate of drug-likeness (QED) is 0.486. The molecule has 178 valence electrons. The minimum atomic E-state index is -4.59. The van der Waals surface area contributed by atoms with Crippen molar-refractivity contribution in [1.82, 2.24) is 19.5 Å². The zero-order valence-electron chi connectivity index (χ0n) is 17.7. The summed E-state index contributed by atoms with van der Waals surface area (Å²) in [6.07, 6.45) is -0.191. The molecule has 0 N–H and O–H groups in total. The van der Waals surface area contributed by atoms with Crippen molar-refractivity contribution < 1.29 is 22.3 Å². The number of hydrogen-bond donors (Lipinski definition) is 0. The zero-order valence-corrected chi connectivity index (χ0v) is 17.7. The second kappa shape index (κ2) is 8.68. The molecule has 5 rings (SSSR count). The molecule has 0 amide bonds. The van der Waals surface area contributed by atoms with Crippen LogP contribution >= 0.6 is 0 Å². The summed E-state index contributed by atoms with van der Waals surface area (Å²) in [5.74, 6) is 0.632. The molecule has 33 heavy (non-hydrogen) atoms. The van der Waals surface area contributed by atoms with E-state index in [9.17, 15) is 17.6 Å². The fourth-order valence-electron chi connectivity index (χ4n) is 4.59. The van der Waals surface area contributed by atoms with Gasteiger partial charge in [0.1, 0.15) is 17.2 Å². The lowest BCUT2D eigenvalue weighted by molar-refractivity contribution is -0.138. The number of fused-ring (bicyclic) bond motifs is 1. The van der Waals surface area contributed by atoms with E-state index in [-0.39, 0.29) is 31.8 Å². The smallest absolute Gasteiger partial charge is 0.378 e. The molecule has 1 atom stereocenters. The van der Waals surface area contributed by atoms with Crippen LogP contribution in [-0.4, -0.2) is 39.3 Å². The number of rotatable bonds is 5. The maximum atomic E-state index is 14.6. The second-order valence-electron chi connectivity index (χ2n) is 8.90. The Kier molecular flexibility index (Phi) is 6.22. The molecule has 5 nitrogen and oxygen atoms in total. The summed E-state index contributed by atoms with van der Waals surface area (Å²) >= 11 is 0. The van der Waals surface area contributed by atoms with E-state index in [0.29, 0.717) is 36.9 Å². The second-order valence-corrected chi connectivity index (χ2v) is 8.90. The maximum absolute atomic E-state index is 14.6. The standard InChI is InChI=1S/C23H24F4N4O.CH4/c1-22(17-4-2-3-5-18(17)24)14-32-11-10-30(22)13-16-8-9-31-19(12-15-6-7-15)28-29-21(31)20(16)23(25,26)27;/h2-5,8-9,15H,6-7,10-14H2,1H3;1H4. The van der Waals surface area contributed by atoms with Crippen LogP contribution in [0.15, 0.2) is 36.5 Å². The van der Waals surface area contributed by atoms with Gasteiger partial charge in [-0.05, 0) is 43.4 Å². The number of ether oxygens (including phenoxy) is 1. The van der Waals surface area contributed by atoms with Crippen LogP contribution in [0.1, 0.15) is 49.7 Å². The molecule has 1 saturated heterocycles. The third-order valence-electron chi connectivity index (χ3n) is 6.59.